The third-order valence-corrected chi connectivity index (χ3v) is 4.40. The molecule has 2 aromatic carbocycles. The third kappa shape index (κ3) is 4.14. The summed E-state index contributed by atoms with van der Waals surface area (Å²) in [6.45, 7) is 0. The van der Waals surface area contributed by atoms with Crippen LogP contribution < -0.4 is 5.32 Å². The van der Waals surface area contributed by atoms with Crippen LogP contribution in [0.15, 0.2) is 79.3 Å². The van der Waals surface area contributed by atoms with E-state index in [2.05, 4.69) is 15.5 Å². The summed E-state index contributed by atoms with van der Waals surface area (Å²) < 4.78 is 16.6. The molecular weight excluding hydrogens is 369 g/mol. The van der Waals surface area contributed by atoms with Gasteiger partial charge in [-0.15, -0.1) is 0 Å². The summed E-state index contributed by atoms with van der Waals surface area (Å²) in [4.78, 5) is 12.3. The molecule has 0 atom stereocenters. The number of halogens is 1. The van der Waals surface area contributed by atoms with Gasteiger partial charge in [0.25, 0.3) is 0 Å². The van der Waals surface area contributed by atoms with Crippen LogP contribution in [0.3, 0.4) is 0 Å². The molecule has 2 aromatic heterocycles. The van der Waals surface area contributed by atoms with Gasteiger partial charge in [0.15, 0.2) is 0 Å². The van der Waals surface area contributed by atoms with Crippen LogP contribution in [0, 0.1) is 5.82 Å². The lowest BCUT2D eigenvalue weighted by molar-refractivity contribution is -0.111. The number of nitrogens with zero attached hydrogens (tertiary/aromatic N) is 4. The van der Waals surface area contributed by atoms with Crippen LogP contribution in [-0.2, 0) is 11.8 Å². The van der Waals surface area contributed by atoms with Gasteiger partial charge in [0.2, 0.25) is 5.91 Å². The van der Waals surface area contributed by atoms with Gasteiger partial charge in [0.1, 0.15) is 5.82 Å². The van der Waals surface area contributed by atoms with Crippen LogP contribution in [0.5, 0.6) is 0 Å². The van der Waals surface area contributed by atoms with Crippen LogP contribution in [0.1, 0.15) is 5.56 Å². The third-order valence-electron chi connectivity index (χ3n) is 4.40. The Morgan fingerprint density at radius 2 is 1.83 bits per heavy atom. The SMILES string of the molecule is Cn1ncc(C=CC(=O)Nc2ccc(-n3cccn3)cc2)c1-c1ccc(F)cc1. The molecule has 0 spiro atoms. The summed E-state index contributed by atoms with van der Waals surface area (Å²) in [7, 11) is 1.80. The molecule has 0 bridgehead atoms. The fourth-order valence-electron chi connectivity index (χ4n) is 3.01. The van der Waals surface area contributed by atoms with E-state index in [-0.39, 0.29) is 11.7 Å². The first-order valence-corrected chi connectivity index (χ1v) is 8.97. The highest BCUT2D eigenvalue weighted by atomic mass is 19.1. The normalized spacial score (nSPS) is 11.1. The van der Waals surface area contributed by atoms with Crippen LogP contribution >= 0.6 is 0 Å². The molecular formula is C22H18FN5O. The van der Waals surface area contributed by atoms with Crippen molar-refractivity contribution in [3.05, 3.63) is 90.6 Å². The van der Waals surface area contributed by atoms with Crippen molar-refractivity contribution in [1.29, 1.82) is 0 Å². The number of aromatic nitrogens is 4. The summed E-state index contributed by atoms with van der Waals surface area (Å²) in [5, 5.41) is 11.2. The number of hydrogen-bond donors (Lipinski definition) is 1. The number of amides is 1. The van der Waals surface area contributed by atoms with Gasteiger partial charge in [-0.25, -0.2) is 9.07 Å². The average molecular weight is 387 g/mol. The van der Waals surface area contributed by atoms with E-state index in [0.29, 0.717) is 5.69 Å². The Morgan fingerprint density at radius 3 is 2.52 bits per heavy atom. The molecule has 0 saturated carbocycles. The van der Waals surface area contributed by atoms with Crippen LogP contribution in [0.4, 0.5) is 10.1 Å². The number of hydrogen-bond acceptors (Lipinski definition) is 3. The molecule has 4 aromatic rings. The van der Waals surface area contributed by atoms with Gasteiger partial charge in [-0.2, -0.15) is 10.2 Å². The number of carbonyl (C=O) groups excluding carboxylic acids is 1. The Bertz CT molecular complexity index is 1140. The molecule has 144 valence electrons. The minimum atomic E-state index is -0.300. The summed E-state index contributed by atoms with van der Waals surface area (Å²) in [6, 6.07) is 15.4. The molecule has 29 heavy (non-hydrogen) atoms. The van der Waals surface area contributed by atoms with Crippen molar-refractivity contribution in [3.63, 3.8) is 0 Å². The van der Waals surface area contributed by atoms with E-state index in [9.17, 15) is 9.18 Å². The molecule has 0 aliphatic heterocycles. The zero-order chi connectivity index (χ0) is 20.2. The summed E-state index contributed by atoms with van der Waals surface area (Å²) in [5.74, 6) is -0.559. The van der Waals surface area contributed by atoms with E-state index in [1.165, 1.54) is 18.2 Å². The largest absolute Gasteiger partial charge is 0.323 e. The molecule has 6 nitrogen and oxygen atoms in total. The fraction of sp³-hybridized carbons (Fsp3) is 0.0455. The Hall–Kier alpha value is -4.00. The molecule has 7 heteroatoms. The highest BCUT2D eigenvalue weighted by Gasteiger charge is 2.09. The Labute approximate surface area is 166 Å². The standard InChI is InChI=1S/C22H18FN5O/c1-27-22(16-3-6-18(23)7-4-16)17(15-25-27)5-12-21(29)26-19-8-10-20(11-9-19)28-14-2-13-24-28/h2-15H,1H3,(H,26,29). The lowest BCUT2D eigenvalue weighted by Gasteiger charge is -2.05. The van der Waals surface area contributed by atoms with Crippen molar-refractivity contribution in [2.45, 2.75) is 0 Å². The molecule has 0 unspecified atom stereocenters. The van der Waals surface area contributed by atoms with E-state index in [1.54, 1.807) is 47.0 Å². The minimum absolute atomic E-state index is 0.259. The predicted octanol–water partition coefficient (Wildman–Crippen LogP) is 4.06. The quantitative estimate of drug-likeness (QED) is 0.525. The number of aryl methyl sites for hydroxylation is 1. The van der Waals surface area contributed by atoms with Gasteiger partial charge in [0.05, 0.1) is 17.6 Å². The Kier molecular flexibility index (Phi) is 5.03. The van der Waals surface area contributed by atoms with E-state index in [0.717, 1.165) is 22.5 Å². The number of carbonyl (C=O) groups is 1. The lowest BCUT2D eigenvalue weighted by atomic mass is 10.1. The van der Waals surface area contributed by atoms with Crippen molar-refractivity contribution in [1.82, 2.24) is 19.6 Å². The van der Waals surface area contributed by atoms with Gasteiger partial charge in [-0.3, -0.25) is 9.48 Å². The Morgan fingerprint density at radius 1 is 1.07 bits per heavy atom. The van der Waals surface area contributed by atoms with Gasteiger partial charge in [-0.1, -0.05) is 0 Å². The number of anilines is 1. The molecule has 0 aliphatic carbocycles. The summed E-state index contributed by atoms with van der Waals surface area (Å²) >= 11 is 0. The molecule has 1 amide bonds. The van der Waals surface area contributed by atoms with Gasteiger partial charge < -0.3 is 5.32 Å². The van der Waals surface area contributed by atoms with Crippen molar-refractivity contribution in [2.75, 3.05) is 5.32 Å². The first kappa shape index (κ1) is 18.4. The van der Waals surface area contributed by atoms with Crippen molar-refractivity contribution >= 4 is 17.7 Å². The van der Waals surface area contributed by atoms with Gasteiger partial charge >= 0.3 is 0 Å². The summed E-state index contributed by atoms with van der Waals surface area (Å²) in [5.41, 5.74) is 3.98. The molecule has 0 aliphatic rings. The van der Waals surface area contributed by atoms with Crippen LogP contribution in [0.25, 0.3) is 23.0 Å². The van der Waals surface area contributed by atoms with E-state index >= 15 is 0 Å². The monoisotopic (exact) mass is 387 g/mol. The minimum Gasteiger partial charge on any atom is -0.323 e. The van der Waals surface area contributed by atoms with Crippen molar-refractivity contribution < 1.29 is 9.18 Å². The topological polar surface area (TPSA) is 64.7 Å². The second kappa shape index (κ2) is 7.93. The first-order chi connectivity index (χ1) is 14.1. The smallest absolute Gasteiger partial charge is 0.248 e. The number of rotatable bonds is 5. The maximum atomic E-state index is 13.2. The zero-order valence-corrected chi connectivity index (χ0v) is 15.7. The maximum Gasteiger partial charge on any atom is 0.248 e. The first-order valence-electron chi connectivity index (χ1n) is 8.97. The molecule has 0 fully saturated rings. The second-order valence-corrected chi connectivity index (χ2v) is 6.40. The van der Waals surface area contributed by atoms with Crippen molar-refractivity contribution in [3.8, 4) is 16.9 Å². The maximum absolute atomic E-state index is 13.2. The fourth-order valence-corrected chi connectivity index (χ4v) is 3.01. The zero-order valence-electron chi connectivity index (χ0n) is 15.7. The van der Waals surface area contributed by atoms with E-state index < -0.39 is 0 Å². The molecule has 1 N–H and O–H groups in total. The van der Waals surface area contributed by atoms with Gasteiger partial charge in [0, 0.05) is 42.3 Å². The van der Waals surface area contributed by atoms with Crippen LogP contribution in [0.2, 0.25) is 0 Å². The molecule has 4 rings (SSSR count). The lowest BCUT2D eigenvalue weighted by Crippen LogP contribution is -2.07. The van der Waals surface area contributed by atoms with E-state index in [1.807, 2.05) is 36.5 Å². The highest BCUT2D eigenvalue weighted by Crippen LogP contribution is 2.24. The average Bonchev–Trinajstić information content (AvgIpc) is 3.38. The van der Waals surface area contributed by atoms with Crippen LogP contribution in [-0.4, -0.2) is 25.5 Å². The summed E-state index contributed by atoms with van der Waals surface area (Å²) in [6.07, 6.45) is 8.37. The van der Waals surface area contributed by atoms with E-state index in [4.69, 9.17) is 0 Å². The van der Waals surface area contributed by atoms with Crippen molar-refractivity contribution in [2.24, 2.45) is 7.05 Å². The molecule has 0 saturated heterocycles. The number of nitrogens with one attached hydrogen (secondary N) is 1. The Balaban J connectivity index is 1.47. The molecule has 2 heterocycles. The highest BCUT2D eigenvalue weighted by molar-refractivity contribution is 6.02. The predicted molar refractivity (Wildman–Crippen MR) is 110 cm³/mol. The molecule has 0 radical (unpaired) electrons. The number of benzene rings is 2. The van der Waals surface area contributed by atoms with Gasteiger partial charge in [-0.05, 0) is 60.7 Å². The second-order valence-electron chi connectivity index (χ2n) is 6.40.